The second-order valence-corrected chi connectivity index (χ2v) is 10.1. The molecule has 0 heterocycles. The van der Waals surface area contributed by atoms with Crippen LogP contribution in [0, 0.1) is 28.6 Å². The molecule has 0 aromatic rings. The van der Waals surface area contributed by atoms with Crippen molar-refractivity contribution in [1.29, 1.82) is 0 Å². The zero-order chi connectivity index (χ0) is 26.2. The maximum atomic E-state index is 12.8. The Morgan fingerprint density at radius 1 is 1.09 bits per heavy atom. The van der Waals surface area contributed by atoms with Crippen LogP contribution in [0.4, 0.5) is 26.3 Å². The number of aliphatic hydroxyl groups excluding tert-OH is 2. The van der Waals surface area contributed by atoms with E-state index < -0.39 is 30.2 Å². The van der Waals surface area contributed by atoms with Crippen molar-refractivity contribution in [2.24, 2.45) is 16.7 Å². The van der Waals surface area contributed by atoms with Gasteiger partial charge in [0.05, 0.1) is 12.2 Å². The van der Waals surface area contributed by atoms with E-state index in [1.165, 1.54) is 0 Å². The predicted molar refractivity (Wildman–Crippen MR) is 116 cm³/mol. The molecular weight excluding hydrogens is 462 g/mol. The van der Waals surface area contributed by atoms with Crippen molar-refractivity contribution in [3.8, 4) is 11.8 Å². The summed E-state index contributed by atoms with van der Waals surface area (Å²) < 4.78 is 76.7. The highest BCUT2D eigenvalue weighted by Gasteiger charge is 2.70. The molecule has 0 bridgehead atoms. The fourth-order valence-electron chi connectivity index (χ4n) is 4.78. The van der Waals surface area contributed by atoms with Crippen LogP contribution in [-0.4, -0.2) is 45.5 Å². The molecule has 3 N–H and O–H groups in total. The zero-order valence-electron chi connectivity index (χ0n) is 19.5. The second kappa shape index (κ2) is 9.71. The summed E-state index contributed by atoms with van der Waals surface area (Å²) in [5, 5.41) is 29.0. The van der Waals surface area contributed by atoms with E-state index in [0.717, 1.165) is 17.9 Å². The third-order valence-corrected chi connectivity index (χ3v) is 7.79. The number of hydrogen-bond acceptors (Lipinski definition) is 3. The quantitative estimate of drug-likeness (QED) is 0.351. The molecule has 192 valence electrons. The Hall–Kier alpha value is -1.76. The molecule has 3 nitrogen and oxygen atoms in total. The number of aliphatic hydroxyl groups is 3. The summed E-state index contributed by atoms with van der Waals surface area (Å²) in [6.07, 6.45) is -5.49. The van der Waals surface area contributed by atoms with E-state index in [2.05, 4.69) is 6.58 Å². The van der Waals surface area contributed by atoms with Crippen LogP contribution in [0.5, 0.6) is 0 Å². The highest BCUT2D eigenvalue weighted by Crippen LogP contribution is 2.58. The third kappa shape index (κ3) is 5.55. The summed E-state index contributed by atoms with van der Waals surface area (Å²) in [4.78, 5) is 0. The SMILES string of the molecule is C=C1/C(=C\C=C\[C@@H]2CC[C@](C)(CCC#CC(O)(C(F)(F)F)C(F)(F)F)C2(C)C)C[C@@H](O)C[C@@H]1O. The number of rotatable bonds is 4. The molecule has 0 saturated heterocycles. The Balaban J connectivity index is 2.10. The van der Waals surface area contributed by atoms with Crippen LogP contribution in [0.15, 0.2) is 36.0 Å². The van der Waals surface area contributed by atoms with Gasteiger partial charge in [0.2, 0.25) is 0 Å². The highest BCUT2D eigenvalue weighted by molar-refractivity contribution is 5.37. The van der Waals surface area contributed by atoms with Crippen molar-refractivity contribution in [2.75, 3.05) is 0 Å². The molecule has 2 fully saturated rings. The zero-order valence-corrected chi connectivity index (χ0v) is 19.5. The maximum Gasteiger partial charge on any atom is 0.438 e. The molecule has 2 saturated carbocycles. The minimum absolute atomic E-state index is 0.0938. The van der Waals surface area contributed by atoms with Gasteiger partial charge in [0.15, 0.2) is 0 Å². The molecule has 34 heavy (non-hydrogen) atoms. The van der Waals surface area contributed by atoms with E-state index in [1.807, 2.05) is 38.8 Å². The van der Waals surface area contributed by atoms with Crippen molar-refractivity contribution in [3.63, 3.8) is 0 Å². The first kappa shape index (κ1) is 28.5. The van der Waals surface area contributed by atoms with Crippen LogP contribution in [0.1, 0.15) is 59.3 Å². The molecule has 2 aliphatic carbocycles. The van der Waals surface area contributed by atoms with E-state index in [1.54, 1.807) is 6.08 Å². The monoisotopic (exact) mass is 494 g/mol. The molecule has 0 aromatic carbocycles. The van der Waals surface area contributed by atoms with Gasteiger partial charge in [-0.3, -0.25) is 0 Å². The Labute approximate surface area is 196 Å². The third-order valence-electron chi connectivity index (χ3n) is 7.79. The maximum absolute atomic E-state index is 12.8. The van der Waals surface area contributed by atoms with E-state index in [-0.39, 0.29) is 36.0 Å². The van der Waals surface area contributed by atoms with E-state index in [9.17, 15) is 36.6 Å². The van der Waals surface area contributed by atoms with Crippen molar-refractivity contribution in [3.05, 3.63) is 36.0 Å². The number of halogens is 6. The van der Waals surface area contributed by atoms with Crippen LogP contribution in [-0.2, 0) is 0 Å². The van der Waals surface area contributed by atoms with Crippen LogP contribution in [0.3, 0.4) is 0 Å². The molecule has 0 aromatic heterocycles. The summed E-state index contributed by atoms with van der Waals surface area (Å²) >= 11 is 0. The molecule has 2 rings (SSSR count). The van der Waals surface area contributed by atoms with Gasteiger partial charge in [-0.2, -0.15) is 26.3 Å². The smallest absolute Gasteiger partial charge is 0.393 e. The average molecular weight is 495 g/mol. The summed E-state index contributed by atoms with van der Waals surface area (Å²) in [6.45, 7) is 9.82. The minimum atomic E-state index is -5.95. The van der Waals surface area contributed by atoms with Gasteiger partial charge < -0.3 is 15.3 Å². The van der Waals surface area contributed by atoms with Crippen LogP contribution in [0.2, 0.25) is 0 Å². The summed E-state index contributed by atoms with van der Waals surface area (Å²) in [5.41, 5.74) is -4.43. The van der Waals surface area contributed by atoms with Gasteiger partial charge in [0.1, 0.15) is 0 Å². The fraction of sp³-hybridized carbons (Fsp3) is 0.680. The lowest BCUT2D eigenvalue weighted by Gasteiger charge is -2.41. The fourth-order valence-corrected chi connectivity index (χ4v) is 4.78. The predicted octanol–water partition coefficient (Wildman–Crippen LogP) is 5.62. The molecule has 0 spiro atoms. The van der Waals surface area contributed by atoms with E-state index in [0.29, 0.717) is 18.4 Å². The first-order valence-corrected chi connectivity index (χ1v) is 11.1. The molecule has 0 aliphatic heterocycles. The Morgan fingerprint density at radius 2 is 1.68 bits per heavy atom. The van der Waals surface area contributed by atoms with Gasteiger partial charge in [0, 0.05) is 12.8 Å². The van der Waals surface area contributed by atoms with Gasteiger partial charge in [0.25, 0.3) is 0 Å². The first-order chi connectivity index (χ1) is 15.4. The largest absolute Gasteiger partial charge is 0.438 e. The number of alkyl halides is 6. The van der Waals surface area contributed by atoms with Crippen molar-refractivity contribution >= 4 is 0 Å². The van der Waals surface area contributed by atoms with Gasteiger partial charge in [-0.25, -0.2) is 0 Å². The first-order valence-electron chi connectivity index (χ1n) is 11.1. The molecule has 4 atom stereocenters. The average Bonchev–Trinajstić information content (AvgIpc) is 2.90. The molecule has 0 amide bonds. The molecule has 9 heteroatoms. The second-order valence-electron chi connectivity index (χ2n) is 10.1. The molecular formula is C25H32F6O3. The van der Waals surface area contributed by atoms with Crippen LogP contribution < -0.4 is 0 Å². The van der Waals surface area contributed by atoms with Crippen molar-refractivity contribution in [2.45, 2.75) is 89.5 Å². The van der Waals surface area contributed by atoms with Crippen LogP contribution >= 0.6 is 0 Å². The van der Waals surface area contributed by atoms with Crippen LogP contribution in [0.25, 0.3) is 0 Å². The van der Waals surface area contributed by atoms with Crippen molar-refractivity contribution in [1.82, 2.24) is 0 Å². The molecule has 0 radical (unpaired) electrons. The van der Waals surface area contributed by atoms with Crippen molar-refractivity contribution < 1.29 is 41.7 Å². The summed E-state index contributed by atoms with van der Waals surface area (Å²) in [7, 11) is 0. The lowest BCUT2D eigenvalue weighted by atomic mass is 9.63. The standard InChI is InChI=1S/C25H32F6O3/c1-16-17(14-19(32)15-20(16)33)8-7-9-18-10-13-22(4,21(18,2)3)11-5-6-12-23(34,24(26,27)28)25(29,30)31/h7-9,18-20,32-34H,1,5,10-11,13-15H2,2-4H3/b9-7+,17-8-/t18-,19-,20+,22+/m1/s1. The van der Waals surface area contributed by atoms with Gasteiger partial charge in [-0.15, -0.1) is 0 Å². The minimum Gasteiger partial charge on any atom is -0.393 e. The molecule has 0 unspecified atom stereocenters. The topological polar surface area (TPSA) is 60.7 Å². The van der Waals surface area contributed by atoms with Gasteiger partial charge in [-0.05, 0) is 59.5 Å². The number of hydrogen-bond donors (Lipinski definition) is 3. The highest BCUT2D eigenvalue weighted by atomic mass is 19.4. The normalized spacial score (nSPS) is 31.7. The lowest BCUT2D eigenvalue weighted by Crippen LogP contribution is -2.55. The van der Waals surface area contributed by atoms with E-state index >= 15 is 0 Å². The Morgan fingerprint density at radius 3 is 2.24 bits per heavy atom. The van der Waals surface area contributed by atoms with Gasteiger partial charge in [-0.1, -0.05) is 51.5 Å². The van der Waals surface area contributed by atoms with Gasteiger partial charge >= 0.3 is 18.0 Å². The van der Waals surface area contributed by atoms with E-state index in [4.69, 9.17) is 5.11 Å². The summed E-state index contributed by atoms with van der Waals surface area (Å²) in [6, 6.07) is 0. The number of allylic oxidation sites excluding steroid dienone is 3. The summed E-state index contributed by atoms with van der Waals surface area (Å²) in [5.74, 6) is 3.03. The Kier molecular flexibility index (Phi) is 8.13. The molecule has 2 aliphatic rings. The lowest BCUT2D eigenvalue weighted by molar-refractivity contribution is -0.343. The Bertz CT molecular complexity index is 873.